The van der Waals surface area contributed by atoms with Crippen molar-refractivity contribution in [3.63, 3.8) is 0 Å². The van der Waals surface area contributed by atoms with E-state index in [9.17, 15) is 9.59 Å². The summed E-state index contributed by atoms with van der Waals surface area (Å²) < 4.78 is 4.90. The summed E-state index contributed by atoms with van der Waals surface area (Å²) in [5.41, 5.74) is 13.3. The third-order valence-electron chi connectivity index (χ3n) is 3.07. The first kappa shape index (κ1) is 23.3. The lowest BCUT2D eigenvalue weighted by atomic mass is 10.1. The van der Waals surface area contributed by atoms with Crippen molar-refractivity contribution in [3.8, 4) is 5.75 Å². The van der Waals surface area contributed by atoms with Crippen LogP contribution < -0.4 is 21.5 Å². The van der Waals surface area contributed by atoms with Crippen LogP contribution in [0.4, 0.5) is 11.4 Å². The Kier molecular flexibility index (Phi) is 11.3. The Labute approximate surface area is 159 Å². The molecule has 2 rings (SSSR count). The van der Waals surface area contributed by atoms with Crippen LogP contribution in [0, 0.1) is 0 Å². The summed E-state index contributed by atoms with van der Waals surface area (Å²) in [6.07, 6.45) is 0.988. The molecule has 0 radical (unpaired) electrons. The van der Waals surface area contributed by atoms with Crippen LogP contribution in [-0.4, -0.2) is 26.4 Å². The van der Waals surface area contributed by atoms with E-state index in [4.69, 9.17) is 27.8 Å². The number of nitrogen functional groups attached to an aromatic ring is 1. The number of carbonyl (C=O) groups excluding carboxylic acids is 2. The van der Waals surface area contributed by atoms with E-state index in [2.05, 4.69) is 5.32 Å². The molecule has 7 heteroatoms. The first-order valence-corrected chi connectivity index (χ1v) is 8.42. The van der Waals surface area contributed by atoms with E-state index in [1.165, 1.54) is 7.11 Å². The molecule has 26 heavy (non-hydrogen) atoms. The zero-order valence-electron chi connectivity index (χ0n) is 15.5. The highest BCUT2D eigenvalue weighted by molar-refractivity contribution is 6.33. The number of carbonyl (C=O) groups is 2. The molecule has 5 N–H and O–H groups in total. The van der Waals surface area contributed by atoms with Crippen LogP contribution in [0.25, 0.3) is 0 Å². The van der Waals surface area contributed by atoms with Gasteiger partial charge in [0.05, 0.1) is 29.9 Å². The molecule has 0 spiro atoms. The van der Waals surface area contributed by atoms with E-state index < -0.39 is 0 Å². The molecule has 2 aromatic rings. The fraction of sp³-hybridized carbons (Fsp3) is 0.263. The highest BCUT2D eigenvalue weighted by Crippen LogP contribution is 2.22. The number of primary amides is 1. The van der Waals surface area contributed by atoms with Gasteiger partial charge in [-0.05, 0) is 35.9 Å². The van der Waals surface area contributed by atoms with Crippen LogP contribution in [0.3, 0.4) is 0 Å². The minimum Gasteiger partial charge on any atom is -0.495 e. The largest absolute Gasteiger partial charge is 0.495 e. The summed E-state index contributed by atoms with van der Waals surface area (Å²) in [6, 6.07) is 10.2. The number of rotatable bonds is 5. The van der Waals surface area contributed by atoms with Gasteiger partial charge in [-0.15, -0.1) is 0 Å². The van der Waals surface area contributed by atoms with Crippen molar-refractivity contribution >= 4 is 35.2 Å². The average molecular weight is 380 g/mol. The highest BCUT2D eigenvalue weighted by Gasteiger charge is 2.02. The monoisotopic (exact) mass is 379 g/mol. The number of hydrogen-bond donors (Lipinski definition) is 3. The number of hydrogen-bond acceptors (Lipinski definition) is 5. The van der Waals surface area contributed by atoms with Gasteiger partial charge in [0, 0.05) is 12.6 Å². The van der Waals surface area contributed by atoms with Crippen LogP contribution >= 0.6 is 11.6 Å². The third kappa shape index (κ3) is 7.90. The molecule has 0 atom stereocenters. The lowest BCUT2D eigenvalue weighted by Gasteiger charge is -2.05. The number of halogens is 1. The molecule has 0 aliphatic heterocycles. The Hall–Kier alpha value is -2.73. The van der Waals surface area contributed by atoms with Crippen molar-refractivity contribution in [2.24, 2.45) is 5.73 Å². The van der Waals surface area contributed by atoms with Crippen molar-refractivity contribution in [2.75, 3.05) is 25.2 Å². The molecule has 0 unspecified atom stereocenters. The number of benzene rings is 2. The van der Waals surface area contributed by atoms with Gasteiger partial charge in [-0.1, -0.05) is 31.5 Å². The Morgan fingerprint density at radius 2 is 1.88 bits per heavy atom. The lowest BCUT2D eigenvalue weighted by Crippen LogP contribution is -2.13. The maximum Gasteiger partial charge on any atom is 0.221 e. The second kappa shape index (κ2) is 12.6. The fourth-order valence-corrected chi connectivity index (χ4v) is 2.11. The first-order valence-electron chi connectivity index (χ1n) is 8.04. The van der Waals surface area contributed by atoms with Crippen LogP contribution in [0.5, 0.6) is 5.75 Å². The quantitative estimate of drug-likeness (QED) is 0.544. The maximum atomic E-state index is 10.6. The van der Waals surface area contributed by atoms with Crippen molar-refractivity contribution in [1.82, 2.24) is 0 Å². The number of amides is 1. The Balaban J connectivity index is 0.000000444. The van der Waals surface area contributed by atoms with E-state index in [0.717, 1.165) is 17.5 Å². The predicted octanol–water partition coefficient (Wildman–Crippen LogP) is 3.53. The molecule has 0 saturated heterocycles. The van der Waals surface area contributed by atoms with Crippen LogP contribution in [-0.2, 0) is 11.2 Å². The minimum atomic E-state index is -0.343. The van der Waals surface area contributed by atoms with Crippen LogP contribution in [0.1, 0.15) is 29.8 Å². The third-order valence-corrected chi connectivity index (χ3v) is 3.40. The minimum absolute atomic E-state index is 0.242. The molecule has 0 bridgehead atoms. The fourth-order valence-electron chi connectivity index (χ4n) is 1.90. The zero-order chi connectivity index (χ0) is 20.1. The lowest BCUT2D eigenvalue weighted by molar-refractivity contribution is -0.117. The van der Waals surface area contributed by atoms with E-state index in [-0.39, 0.29) is 12.3 Å². The van der Waals surface area contributed by atoms with Gasteiger partial charge in [0.1, 0.15) is 12.0 Å². The first-order chi connectivity index (χ1) is 12.4. The number of methoxy groups -OCH3 is 1. The van der Waals surface area contributed by atoms with Gasteiger partial charge in [0.15, 0.2) is 0 Å². The van der Waals surface area contributed by atoms with Gasteiger partial charge >= 0.3 is 0 Å². The van der Waals surface area contributed by atoms with Crippen molar-refractivity contribution in [1.29, 1.82) is 0 Å². The molecule has 142 valence electrons. The van der Waals surface area contributed by atoms with Crippen molar-refractivity contribution < 1.29 is 14.3 Å². The highest BCUT2D eigenvalue weighted by atomic mass is 35.5. The van der Waals surface area contributed by atoms with E-state index in [0.29, 0.717) is 22.0 Å². The number of aldehydes is 1. The topological polar surface area (TPSA) is 107 Å². The van der Waals surface area contributed by atoms with Crippen molar-refractivity contribution in [3.05, 3.63) is 52.5 Å². The number of nitrogens with two attached hydrogens (primary N) is 2. The van der Waals surface area contributed by atoms with E-state index >= 15 is 0 Å². The number of nitrogens with one attached hydrogen (secondary N) is 1. The molecule has 0 fully saturated rings. The van der Waals surface area contributed by atoms with Gasteiger partial charge in [0.2, 0.25) is 5.91 Å². The predicted molar refractivity (Wildman–Crippen MR) is 108 cm³/mol. The standard InChI is InChI=1S/C9H11ClN2O.C8H9NO2.C2H6/c1-12-8-4-6(5-9(11)13)2-3-7(8)10;1-11-8-3-2-6(5-10)4-7(8)9;1-2/h2-4,12H,5H2,1H3,(H2,11,13);2-5H,9H2,1H3;1-2H3. The van der Waals surface area contributed by atoms with E-state index in [1.54, 1.807) is 37.4 Å². The number of anilines is 2. The maximum absolute atomic E-state index is 10.6. The second-order valence-electron chi connectivity index (χ2n) is 4.83. The normalized spacial score (nSPS) is 8.96. The molecule has 0 saturated carbocycles. The van der Waals surface area contributed by atoms with Gasteiger partial charge in [0.25, 0.3) is 0 Å². The SMILES string of the molecule is CC.CNc1cc(CC(N)=O)ccc1Cl.COc1ccc(C=O)cc1N. The summed E-state index contributed by atoms with van der Waals surface area (Å²) in [7, 11) is 3.31. The molecule has 2 aromatic carbocycles. The van der Waals surface area contributed by atoms with Gasteiger partial charge < -0.3 is 21.5 Å². The molecular weight excluding hydrogens is 354 g/mol. The summed E-state index contributed by atoms with van der Waals surface area (Å²) in [6.45, 7) is 4.00. The Bertz CT molecular complexity index is 721. The summed E-state index contributed by atoms with van der Waals surface area (Å²) in [5, 5.41) is 3.56. The Morgan fingerprint density at radius 3 is 2.35 bits per heavy atom. The smallest absolute Gasteiger partial charge is 0.221 e. The van der Waals surface area contributed by atoms with Crippen LogP contribution in [0.2, 0.25) is 5.02 Å². The van der Waals surface area contributed by atoms with Gasteiger partial charge in [-0.3, -0.25) is 9.59 Å². The van der Waals surface area contributed by atoms with Gasteiger partial charge in [-0.2, -0.15) is 0 Å². The van der Waals surface area contributed by atoms with E-state index in [1.807, 2.05) is 19.9 Å². The number of ether oxygens (including phenoxy) is 1. The molecule has 6 nitrogen and oxygen atoms in total. The van der Waals surface area contributed by atoms with Crippen LogP contribution in [0.15, 0.2) is 36.4 Å². The average Bonchev–Trinajstić information content (AvgIpc) is 2.65. The Morgan fingerprint density at radius 1 is 1.23 bits per heavy atom. The molecule has 0 heterocycles. The van der Waals surface area contributed by atoms with Crippen molar-refractivity contribution in [2.45, 2.75) is 20.3 Å². The second-order valence-corrected chi connectivity index (χ2v) is 5.23. The molecule has 1 amide bonds. The summed E-state index contributed by atoms with van der Waals surface area (Å²) in [4.78, 5) is 20.9. The zero-order valence-corrected chi connectivity index (χ0v) is 16.3. The summed E-state index contributed by atoms with van der Waals surface area (Å²) >= 11 is 5.85. The molecular formula is C19H26ClN3O3. The molecule has 0 aromatic heterocycles. The van der Waals surface area contributed by atoms with Gasteiger partial charge in [-0.25, -0.2) is 0 Å². The molecule has 0 aliphatic rings. The molecule has 0 aliphatic carbocycles. The summed E-state index contributed by atoms with van der Waals surface area (Å²) in [5.74, 6) is 0.250.